The summed E-state index contributed by atoms with van der Waals surface area (Å²) in [6, 6.07) is 0. The van der Waals surface area contributed by atoms with Crippen molar-refractivity contribution in [2.24, 2.45) is 0 Å². The second kappa shape index (κ2) is 6.49. The average Bonchev–Trinajstić information content (AvgIpc) is 2.25. The van der Waals surface area contributed by atoms with Crippen LogP contribution in [0.5, 0.6) is 0 Å². The molecule has 0 saturated carbocycles. The number of halogens is 1. The SMILES string of the molecule is CCSCCOCn1cc(F)c(=O)[nH]c1=O. The Kier molecular flexibility index (Phi) is 5.27. The second-order valence-electron chi connectivity index (χ2n) is 2.94. The first kappa shape index (κ1) is 13.0. The summed E-state index contributed by atoms with van der Waals surface area (Å²) in [7, 11) is 0. The number of thioether (sulfide) groups is 1. The Hall–Kier alpha value is -1.08. The molecule has 0 amide bonds. The van der Waals surface area contributed by atoms with Gasteiger partial charge in [0.2, 0.25) is 5.82 Å². The lowest BCUT2D eigenvalue weighted by Crippen LogP contribution is -2.32. The fraction of sp³-hybridized carbons (Fsp3) is 0.556. The Morgan fingerprint density at radius 3 is 3.00 bits per heavy atom. The first-order chi connectivity index (χ1) is 7.65. The molecule has 0 radical (unpaired) electrons. The molecule has 1 aromatic heterocycles. The zero-order valence-electron chi connectivity index (χ0n) is 8.86. The summed E-state index contributed by atoms with van der Waals surface area (Å²) in [5.41, 5.74) is -1.68. The summed E-state index contributed by atoms with van der Waals surface area (Å²) in [5, 5.41) is 0. The molecule has 0 atom stereocenters. The third kappa shape index (κ3) is 3.82. The van der Waals surface area contributed by atoms with E-state index >= 15 is 0 Å². The Bertz CT molecular complexity index is 443. The van der Waals surface area contributed by atoms with Gasteiger partial charge in [-0.05, 0) is 5.75 Å². The molecule has 16 heavy (non-hydrogen) atoms. The van der Waals surface area contributed by atoms with E-state index in [2.05, 4.69) is 0 Å². The quantitative estimate of drug-likeness (QED) is 0.740. The molecule has 1 aromatic rings. The summed E-state index contributed by atoms with van der Waals surface area (Å²) in [5.74, 6) is 0.819. The number of ether oxygens (including phenoxy) is 1. The predicted octanol–water partition coefficient (Wildman–Crippen LogP) is 0.403. The van der Waals surface area contributed by atoms with Crippen LogP contribution in [-0.2, 0) is 11.5 Å². The molecule has 0 unspecified atom stereocenters. The van der Waals surface area contributed by atoms with Crippen LogP contribution in [0.15, 0.2) is 15.8 Å². The van der Waals surface area contributed by atoms with Gasteiger partial charge in [0.25, 0.3) is 5.56 Å². The number of hydrogen-bond acceptors (Lipinski definition) is 4. The van der Waals surface area contributed by atoms with Crippen molar-refractivity contribution in [3.8, 4) is 0 Å². The number of nitrogens with zero attached hydrogens (tertiary/aromatic N) is 1. The van der Waals surface area contributed by atoms with Crippen molar-refractivity contribution in [3.05, 3.63) is 32.9 Å². The molecule has 0 fully saturated rings. The van der Waals surface area contributed by atoms with E-state index < -0.39 is 17.1 Å². The van der Waals surface area contributed by atoms with E-state index in [0.29, 0.717) is 6.61 Å². The minimum absolute atomic E-state index is 0.0587. The summed E-state index contributed by atoms with van der Waals surface area (Å²) in [6.07, 6.45) is 0.841. The molecular formula is C9H13FN2O3S. The molecule has 1 N–H and O–H groups in total. The van der Waals surface area contributed by atoms with Crippen molar-refractivity contribution in [2.45, 2.75) is 13.7 Å². The van der Waals surface area contributed by atoms with Crippen molar-refractivity contribution in [3.63, 3.8) is 0 Å². The zero-order chi connectivity index (χ0) is 12.0. The van der Waals surface area contributed by atoms with Gasteiger partial charge in [0.1, 0.15) is 6.73 Å². The Morgan fingerprint density at radius 1 is 1.56 bits per heavy atom. The van der Waals surface area contributed by atoms with Crippen LogP contribution in [-0.4, -0.2) is 27.7 Å². The molecule has 1 rings (SSSR count). The van der Waals surface area contributed by atoms with E-state index in [-0.39, 0.29) is 6.73 Å². The topological polar surface area (TPSA) is 64.1 Å². The Labute approximate surface area is 95.6 Å². The normalized spacial score (nSPS) is 10.6. The van der Waals surface area contributed by atoms with Crippen molar-refractivity contribution in [1.29, 1.82) is 0 Å². The summed E-state index contributed by atoms with van der Waals surface area (Å²) >= 11 is 1.71. The number of hydrogen-bond donors (Lipinski definition) is 1. The van der Waals surface area contributed by atoms with Crippen LogP contribution in [0.4, 0.5) is 4.39 Å². The zero-order valence-corrected chi connectivity index (χ0v) is 9.68. The van der Waals surface area contributed by atoms with E-state index in [1.165, 1.54) is 0 Å². The number of rotatable bonds is 6. The fourth-order valence-corrected chi connectivity index (χ4v) is 1.53. The van der Waals surface area contributed by atoms with E-state index in [4.69, 9.17) is 4.74 Å². The van der Waals surface area contributed by atoms with Crippen molar-refractivity contribution >= 4 is 11.8 Å². The van der Waals surface area contributed by atoms with Gasteiger partial charge >= 0.3 is 5.69 Å². The van der Waals surface area contributed by atoms with E-state index in [0.717, 1.165) is 22.3 Å². The monoisotopic (exact) mass is 248 g/mol. The highest BCUT2D eigenvalue weighted by Gasteiger charge is 2.02. The lowest BCUT2D eigenvalue weighted by Gasteiger charge is -2.05. The molecule has 0 bridgehead atoms. The highest BCUT2D eigenvalue weighted by Crippen LogP contribution is 1.97. The van der Waals surface area contributed by atoms with Crippen LogP contribution in [0, 0.1) is 5.82 Å². The molecule has 90 valence electrons. The molecule has 0 aliphatic carbocycles. The van der Waals surface area contributed by atoms with E-state index in [1.807, 2.05) is 11.9 Å². The van der Waals surface area contributed by atoms with E-state index in [1.54, 1.807) is 11.8 Å². The van der Waals surface area contributed by atoms with Gasteiger partial charge in [-0.2, -0.15) is 16.2 Å². The molecule has 7 heteroatoms. The lowest BCUT2D eigenvalue weighted by molar-refractivity contribution is 0.0854. The summed E-state index contributed by atoms with van der Waals surface area (Å²) < 4.78 is 19.0. The minimum atomic E-state index is -1.01. The molecule has 5 nitrogen and oxygen atoms in total. The first-order valence-corrected chi connectivity index (χ1v) is 5.95. The van der Waals surface area contributed by atoms with Crippen LogP contribution in [0.1, 0.15) is 6.92 Å². The molecule has 0 aromatic carbocycles. The van der Waals surface area contributed by atoms with Gasteiger partial charge in [-0.3, -0.25) is 14.3 Å². The van der Waals surface area contributed by atoms with Gasteiger partial charge in [0.05, 0.1) is 12.8 Å². The maximum Gasteiger partial charge on any atom is 0.330 e. The number of aromatic nitrogens is 2. The number of aromatic amines is 1. The van der Waals surface area contributed by atoms with Crippen LogP contribution in [0.3, 0.4) is 0 Å². The van der Waals surface area contributed by atoms with Gasteiger partial charge in [-0.1, -0.05) is 6.92 Å². The molecule has 0 aliphatic rings. The van der Waals surface area contributed by atoms with Crippen molar-refractivity contribution in [1.82, 2.24) is 9.55 Å². The number of H-pyrrole nitrogens is 1. The van der Waals surface area contributed by atoms with Gasteiger partial charge < -0.3 is 4.74 Å². The third-order valence-electron chi connectivity index (χ3n) is 1.77. The summed E-state index contributed by atoms with van der Waals surface area (Å²) in [4.78, 5) is 23.7. The van der Waals surface area contributed by atoms with Crippen molar-refractivity contribution in [2.75, 3.05) is 18.1 Å². The predicted molar refractivity (Wildman–Crippen MR) is 60.2 cm³/mol. The van der Waals surface area contributed by atoms with Gasteiger partial charge in [-0.15, -0.1) is 0 Å². The maximum atomic E-state index is 12.8. The van der Waals surface area contributed by atoms with Crippen LogP contribution < -0.4 is 11.2 Å². The van der Waals surface area contributed by atoms with Crippen LogP contribution in [0.25, 0.3) is 0 Å². The fourth-order valence-electron chi connectivity index (χ4n) is 1.00. The molecule has 0 spiro atoms. The molecule has 0 saturated heterocycles. The maximum absolute atomic E-state index is 12.8. The summed E-state index contributed by atoms with van der Waals surface area (Å²) in [6.45, 7) is 2.45. The van der Waals surface area contributed by atoms with Gasteiger partial charge in [0.15, 0.2) is 0 Å². The van der Waals surface area contributed by atoms with Gasteiger partial charge in [0, 0.05) is 5.75 Å². The average molecular weight is 248 g/mol. The third-order valence-corrected chi connectivity index (χ3v) is 2.64. The van der Waals surface area contributed by atoms with Crippen molar-refractivity contribution < 1.29 is 9.13 Å². The molecule has 0 aliphatic heterocycles. The second-order valence-corrected chi connectivity index (χ2v) is 4.33. The number of nitrogens with one attached hydrogen (secondary N) is 1. The smallest absolute Gasteiger partial charge is 0.330 e. The van der Waals surface area contributed by atoms with Crippen LogP contribution in [0.2, 0.25) is 0 Å². The van der Waals surface area contributed by atoms with Gasteiger partial charge in [-0.25, -0.2) is 4.79 Å². The largest absolute Gasteiger partial charge is 0.360 e. The highest BCUT2D eigenvalue weighted by molar-refractivity contribution is 7.99. The molecular weight excluding hydrogens is 235 g/mol. The minimum Gasteiger partial charge on any atom is -0.360 e. The molecule has 1 heterocycles. The Balaban J connectivity index is 2.51. The van der Waals surface area contributed by atoms with E-state index in [9.17, 15) is 14.0 Å². The highest BCUT2D eigenvalue weighted by atomic mass is 32.2. The first-order valence-electron chi connectivity index (χ1n) is 4.80. The lowest BCUT2D eigenvalue weighted by atomic mass is 10.6. The van der Waals surface area contributed by atoms with Crippen LogP contribution >= 0.6 is 11.8 Å². The standard InChI is InChI=1S/C9H13FN2O3S/c1-2-16-4-3-15-6-12-5-7(10)8(13)11-9(12)14/h5H,2-4,6H2,1H3,(H,11,13,14). The Morgan fingerprint density at radius 2 is 2.31 bits per heavy atom.